The van der Waals surface area contributed by atoms with E-state index in [1.165, 1.54) is 0 Å². The number of rotatable bonds is 1. The molecular weight excluding hydrogens is 174 g/mol. The Labute approximate surface area is 66.6 Å². The average Bonchev–Trinajstić information content (AvgIpc) is 2.01. The monoisotopic (exact) mass is 176 g/mol. The van der Waals surface area contributed by atoms with Crippen LogP contribution < -0.4 is 0 Å². The predicted octanol–water partition coefficient (Wildman–Crippen LogP) is 2.43. The molecule has 0 spiro atoms. The molecule has 1 rings (SSSR count). The second kappa shape index (κ2) is 2.96. The lowest BCUT2D eigenvalue weighted by molar-refractivity contribution is 0.112. The highest BCUT2D eigenvalue weighted by Crippen LogP contribution is 2.20. The second-order valence-electron chi connectivity index (χ2n) is 1.88. The molecule has 0 bridgehead atoms. The molecule has 11 heavy (non-hydrogen) atoms. The maximum absolute atomic E-state index is 12.5. The summed E-state index contributed by atoms with van der Waals surface area (Å²) >= 11 is 5.25. The zero-order valence-corrected chi connectivity index (χ0v) is 6.03. The van der Waals surface area contributed by atoms with Gasteiger partial charge in [-0.3, -0.25) is 4.79 Å². The highest BCUT2D eigenvalue weighted by molar-refractivity contribution is 6.33. The first-order valence-corrected chi connectivity index (χ1v) is 3.13. The number of aldehydes is 1. The number of hydrogen-bond acceptors (Lipinski definition) is 1. The van der Waals surface area contributed by atoms with E-state index in [0.717, 1.165) is 12.1 Å². The van der Waals surface area contributed by atoms with Gasteiger partial charge in [0.2, 0.25) is 0 Å². The van der Waals surface area contributed by atoms with Crippen LogP contribution in [0.15, 0.2) is 12.1 Å². The summed E-state index contributed by atoms with van der Waals surface area (Å²) in [6, 6.07) is 1.97. The Hall–Kier alpha value is -0.960. The van der Waals surface area contributed by atoms with Gasteiger partial charge in [0.05, 0.1) is 5.02 Å². The molecule has 58 valence electrons. The molecule has 0 amide bonds. The number of halogens is 3. The minimum atomic E-state index is -1.18. The molecule has 0 saturated heterocycles. The first kappa shape index (κ1) is 8.14. The van der Waals surface area contributed by atoms with Crippen molar-refractivity contribution in [2.75, 3.05) is 0 Å². The number of carbonyl (C=O) groups is 1. The van der Waals surface area contributed by atoms with Crippen molar-refractivity contribution in [2.24, 2.45) is 0 Å². The molecule has 0 unspecified atom stereocenters. The maximum Gasteiger partial charge on any atom is 0.178 e. The quantitative estimate of drug-likeness (QED) is 0.475. The molecule has 0 aliphatic carbocycles. The van der Waals surface area contributed by atoms with Crippen LogP contribution in [0.2, 0.25) is 5.02 Å². The smallest absolute Gasteiger partial charge is 0.178 e. The number of benzene rings is 1. The van der Waals surface area contributed by atoms with Crippen LogP contribution >= 0.6 is 11.6 Å². The van der Waals surface area contributed by atoms with E-state index in [0.29, 0.717) is 6.29 Å². The van der Waals surface area contributed by atoms with Gasteiger partial charge in [-0.2, -0.15) is 0 Å². The fourth-order valence-corrected chi connectivity index (χ4v) is 0.830. The first-order chi connectivity index (χ1) is 5.16. The van der Waals surface area contributed by atoms with Gasteiger partial charge in [0, 0.05) is 5.56 Å². The Bertz CT molecular complexity index is 299. The average molecular weight is 177 g/mol. The third-order valence-corrected chi connectivity index (χ3v) is 1.58. The van der Waals surface area contributed by atoms with Gasteiger partial charge in [-0.15, -0.1) is 0 Å². The zero-order valence-electron chi connectivity index (χ0n) is 5.27. The van der Waals surface area contributed by atoms with Crippen LogP contribution in [0.3, 0.4) is 0 Å². The van der Waals surface area contributed by atoms with E-state index in [-0.39, 0.29) is 5.56 Å². The summed E-state index contributed by atoms with van der Waals surface area (Å²) in [6.07, 6.45) is 0.366. The molecule has 0 saturated carbocycles. The standard InChI is InChI=1S/C7H3ClF2O/c8-6-4(3-11)1-2-5(9)7(6)10/h1-3H. The largest absolute Gasteiger partial charge is 0.298 e. The van der Waals surface area contributed by atoms with Gasteiger partial charge in [-0.25, -0.2) is 8.78 Å². The van der Waals surface area contributed by atoms with E-state index >= 15 is 0 Å². The van der Waals surface area contributed by atoms with Crippen LogP contribution in [0.4, 0.5) is 8.78 Å². The van der Waals surface area contributed by atoms with Crippen LogP contribution in [-0.4, -0.2) is 6.29 Å². The van der Waals surface area contributed by atoms with Crippen LogP contribution in [0, 0.1) is 11.6 Å². The number of hydrogen-bond donors (Lipinski definition) is 0. The third-order valence-electron chi connectivity index (χ3n) is 1.19. The van der Waals surface area contributed by atoms with Crippen molar-refractivity contribution >= 4 is 17.9 Å². The molecule has 1 aromatic rings. The summed E-state index contributed by atoms with van der Waals surface area (Å²) in [5, 5.41) is -0.472. The molecule has 0 fully saturated rings. The van der Waals surface area contributed by atoms with E-state index in [2.05, 4.69) is 0 Å². The van der Waals surface area contributed by atoms with E-state index in [4.69, 9.17) is 11.6 Å². The van der Waals surface area contributed by atoms with Crippen molar-refractivity contribution in [1.29, 1.82) is 0 Å². The summed E-state index contributed by atoms with van der Waals surface area (Å²) in [5.41, 5.74) is -0.0504. The van der Waals surface area contributed by atoms with Crippen LogP contribution in [0.25, 0.3) is 0 Å². The molecule has 4 heteroatoms. The van der Waals surface area contributed by atoms with E-state index in [1.54, 1.807) is 0 Å². The van der Waals surface area contributed by atoms with Crippen molar-refractivity contribution in [3.8, 4) is 0 Å². The summed E-state index contributed by atoms with van der Waals surface area (Å²) in [6.45, 7) is 0. The highest BCUT2D eigenvalue weighted by atomic mass is 35.5. The van der Waals surface area contributed by atoms with Crippen LogP contribution in [0.5, 0.6) is 0 Å². The Balaban J connectivity index is 3.36. The third kappa shape index (κ3) is 1.38. The van der Waals surface area contributed by atoms with Crippen LogP contribution in [-0.2, 0) is 0 Å². The fourth-order valence-electron chi connectivity index (χ4n) is 0.632. The van der Waals surface area contributed by atoms with Crippen LogP contribution in [0.1, 0.15) is 10.4 Å². The Morgan fingerprint density at radius 1 is 1.36 bits per heavy atom. The van der Waals surface area contributed by atoms with E-state index < -0.39 is 16.7 Å². The van der Waals surface area contributed by atoms with Gasteiger partial charge in [0.25, 0.3) is 0 Å². The minimum Gasteiger partial charge on any atom is -0.298 e. The van der Waals surface area contributed by atoms with Gasteiger partial charge in [0.1, 0.15) is 0 Å². The lowest BCUT2D eigenvalue weighted by Gasteiger charge is -1.97. The minimum absolute atomic E-state index is 0.0504. The molecule has 0 radical (unpaired) electrons. The van der Waals surface area contributed by atoms with Crippen molar-refractivity contribution in [1.82, 2.24) is 0 Å². The van der Waals surface area contributed by atoms with Gasteiger partial charge in [0.15, 0.2) is 17.9 Å². The molecule has 0 atom stereocenters. The molecule has 0 heterocycles. The Kier molecular flexibility index (Phi) is 2.19. The molecule has 0 N–H and O–H groups in total. The van der Waals surface area contributed by atoms with Gasteiger partial charge in [-0.05, 0) is 12.1 Å². The maximum atomic E-state index is 12.5. The van der Waals surface area contributed by atoms with Gasteiger partial charge in [-0.1, -0.05) is 11.6 Å². The van der Waals surface area contributed by atoms with E-state index in [9.17, 15) is 13.6 Å². The molecule has 0 aromatic heterocycles. The van der Waals surface area contributed by atoms with Crippen molar-refractivity contribution < 1.29 is 13.6 Å². The molecule has 1 aromatic carbocycles. The lowest BCUT2D eigenvalue weighted by atomic mass is 10.2. The van der Waals surface area contributed by atoms with Crippen molar-refractivity contribution in [3.63, 3.8) is 0 Å². The fraction of sp³-hybridized carbons (Fsp3) is 0. The van der Waals surface area contributed by atoms with Gasteiger partial charge >= 0.3 is 0 Å². The topological polar surface area (TPSA) is 17.1 Å². The van der Waals surface area contributed by atoms with Gasteiger partial charge < -0.3 is 0 Å². The summed E-state index contributed by atoms with van der Waals surface area (Å²) < 4.78 is 24.8. The summed E-state index contributed by atoms with van der Waals surface area (Å²) in [7, 11) is 0. The predicted molar refractivity (Wildman–Crippen MR) is 36.8 cm³/mol. The Morgan fingerprint density at radius 2 is 2.00 bits per heavy atom. The van der Waals surface area contributed by atoms with Crippen molar-refractivity contribution in [3.05, 3.63) is 34.4 Å². The molecule has 1 nitrogen and oxygen atoms in total. The molecule has 0 aliphatic rings. The first-order valence-electron chi connectivity index (χ1n) is 2.75. The molecule has 0 aliphatic heterocycles. The second-order valence-corrected chi connectivity index (χ2v) is 2.26. The van der Waals surface area contributed by atoms with Crippen molar-refractivity contribution in [2.45, 2.75) is 0 Å². The molecular formula is C7H3ClF2O. The number of carbonyl (C=O) groups excluding carboxylic acids is 1. The summed E-state index contributed by atoms with van der Waals surface area (Å²) in [4.78, 5) is 10.1. The Morgan fingerprint density at radius 3 is 2.55 bits per heavy atom. The lowest BCUT2D eigenvalue weighted by Crippen LogP contribution is -1.90. The zero-order chi connectivity index (χ0) is 8.43. The highest BCUT2D eigenvalue weighted by Gasteiger charge is 2.09. The van der Waals surface area contributed by atoms with E-state index in [1.807, 2.05) is 0 Å². The SMILES string of the molecule is O=Cc1ccc(F)c(F)c1Cl. The normalized spacial score (nSPS) is 9.73. The summed E-state index contributed by atoms with van der Waals surface area (Å²) in [5.74, 6) is -2.24.